The molecule has 0 fully saturated rings. The lowest BCUT2D eigenvalue weighted by molar-refractivity contribution is -0.117. The van der Waals surface area contributed by atoms with E-state index < -0.39 is 0 Å². The summed E-state index contributed by atoms with van der Waals surface area (Å²) in [5, 5.41) is 15.0. The lowest BCUT2D eigenvalue weighted by Crippen LogP contribution is -3.00. The highest BCUT2D eigenvalue weighted by Crippen LogP contribution is 2.22. The van der Waals surface area contributed by atoms with E-state index in [4.69, 9.17) is 5.26 Å². The van der Waals surface area contributed by atoms with Gasteiger partial charge in [-0.1, -0.05) is 13.8 Å². The largest absolute Gasteiger partial charge is 1.00 e. The highest BCUT2D eigenvalue weighted by Gasteiger charge is 2.09. The van der Waals surface area contributed by atoms with E-state index >= 15 is 0 Å². The number of carbonyl (C=O) groups is 1. The first-order valence-electron chi connectivity index (χ1n) is 8.43. The molecule has 0 aliphatic heterocycles. The van der Waals surface area contributed by atoms with E-state index in [0.717, 1.165) is 24.3 Å². The molecule has 0 aromatic heterocycles. The summed E-state index contributed by atoms with van der Waals surface area (Å²) in [6.07, 6.45) is 1.47. The van der Waals surface area contributed by atoms with Crippen molar-refractivity contribution in [2.45, 2.75) is 34.6 Å². The van der Waals surface area contributed by atoms with Crippen molar-refractivity contribution in [2.75, 3.05) is 29.9 Å². The van der Waals surface area contributed by atoms with E-state index in [1.54, 1.807) is 0 Å². The molecule has 0 radical (unpaired) electrons. The van der Waals surface area contributed by atoms with Crippen LogP contribution in [0.2, 0.25) is 0 Å². The molecular weight excluding hydrogens is 336 g/mol. The molecule has 2 N–H and O–H groups in total. The maximum atomic E-state index is 12.0. The highest BCUT2D eigenvalue weighted by molar-refractivity contribution is 5.97. The van der Waals surface area contributed by atoms with Gasteiger partial charge in [-0.25, -0.2) is 0 Å². The van der Waals surface area contributed by atoms with Crippen LogP contribution in [0.4, 0.5) is 11.4 Å². The fourth-order valence-corrected chi connectivity index (χ4v) is 2.29. The Morgan fingerprint density at radius 2 is 1.96 bits per heavy atom. The van der Waals surface area contributed by atoms with E-state index in [1.165, 1.54) is 11.9 Å². The first kappa shape index (κ1) is 22.8. The molecule has 6 heteroatoms. The average Bonchev–Trinajstić information content (AvgIpc) is 2.56. The van der Waals surface area contributed by atoms with Crippen LogP contribution in [0.25, 0.3) is 0 Å². The Kier molecular flexibility index (Phi) is 10.4. The fraction of sp³-hybridized carbons (Fsp3) is 0.474. The number of benzene rings is 1. The summed E-state index contributed by atoms with van der Waals surface area (Å²) in [6, 6.07) is 8.06. The summed E-state index contributed by atoms with van der Waals surface area (Å²) < 4.78 is 0. The third-order valence-corrected chi connectivity index (χ3v) is 3.75. The van der Waals surface area contributed by atoms with Gasteiger partial charge >= 0.3 is 0 Å². The number of aryl methyl sites for hydroxylation is 1. The fourth-order valence-electron chi connectivity index (χ4n) is 2.29. The number of nitrogens with one attached hydrogen (secondary N) is 2. The summed E-state index contributed by atoms with van der Waals surface area (Å²) >= 11 is 0. The number of anilines is 2. The Morgan fingerprint density at radius 3 is 2.44 bits per heavy atom. The van der Waals surface area contributed by atoms with Gasteiger partial charge in [-0.3, -0.25) is 4.79 Å². The van der Waals surface area contributed by atoms with Crippen molar-refractivity contribution in [3.8, 4) is 6.07 Å². The first-order chi connectivity index (χ1) is 11.4. The van der Waals surface area contributed by atoms with Crippen molar-refractivity contribution < 1.29 is 17.2 Å². The minimum atomic E-state index is -0.351. The second-order valence-electron chi connectivity index (χ2n) is 6.09. The van der Waals surface area contributed by atoms with E-state index in [2.05, 4.69) is 35.4 Å². The second-order valence-corrected chi connectivity index (χ2v) is 6.09. The smallest absolute Gasteiger partial charge is 0.263 e. The highest BCUT2D eigenvalue weighted by atomic mass is 35.5. The molecule has 0 saturated carbocycles. The Labute approximate surface area is 157 Å². The zero-order valence-electron chi connectivity index (χ0n) is 15.7. The average molecular weight is 364 g/mol. The van der Waals surface area contributed by atoms with Crippen LogP contribution in [0.1, 0.15) is 33.3 Å². The van der Waals surface area contributed by atoms with Gasteiger partial charge in [-0.2, -0.15) is 5.26 Å². The molecule has 0 aliphatic carbocycles. The van der Waals surface area contributed by atoms with Crippen LogP contribution in [-0.4, -0.2) is 25.5 Å². The van der Waals surface area contributed by atoms with E-state index in [1.807, 2.05) is 39.0 Å². The normalized spacial score (nSPS) is 10.7. The van der Waals surface area contributed by atoms with Gasteiger partial charge in [0.05, 0.1) is 0 Å². The van der Waals surface area contributed by atoms with Gasteiger partial charge in [0.25, 0.3) is 5.91 Å². The molecule has 0 unspecified atom stereocenters. The third kappa shape index (κ3) is 7.06. The maximum Gasteiger partial charge on any atom is 0.263 e. The van der Waals surface area contributed by atoms with Crippen LogP contribution >= 0.6 is 0 Å². The molecule has 25 heavy (non-hydrogen) atoms. The van der Waals surface area contributed by atoms with Crippen LogP contribution in [0, 0.1) is 24.2 Å². The van der Waals surface area contributed by atoms with Crippen molar-refractivity contribution in [1.82, 2.24) is 5.32 Å². The van der Waals surface area contributed by atoms with Crippen LogP contribution in [0.5, 0.6) is 0 Å². The van der Waals surface area contributed by atoms with Gasteiger partial charge in [-0.05, 0) is 50.5 Å². The number of hydrogen-bond donors (Lipinski definition) is 2. The van der Waals surface area contributed by atoms with Gasteiger partial charge < -0.3 is 27.9 Å². The predicted molar refractivity (Wildman–Crippen MR) is 99.9 cm³/mol. The number of carbonyl (C=O) groups excluding carboxylic acids is 1. The van der Waals surface area contributed by atoms with Gasteiger partial charge in [0.15, 0.2) is 0 Å². The molecule has 1 aromatic carbocycles. The molecule has 1 rings (SSSR count). The molecule has 5 nitrogen and oxygen atoms in total. The predicted octanol–water partition coefficient (Wildman–Crippen LogP) is 0.437. The quantitative estimate of drug-likeness (QED) is 0.519. The molecule has 0 saturated heterocycles. The zero-order chi connectivity index (χ0) is 18.1. The monoisotopic (exact) mass is 363 g/mol. The number of amides is 1. The number of nitrogens with zero attached hydrogens (tertiary/aromatic N) is 2. The summed E-state index contributed by atoms with van der Waals surface area (Å²) in [5.41, 5.74) is 3.19. The van der Waals surface area contributed by atoms with Crippen LogP contribution in [-0.2, 0) is 4.79 Å². The molecule has 0 bridgehead atoms. The van der Waals surface area contributed by atoms with Gasteiger partial charge in [0.1, 0.15) is 11.6 Å². The van der Waals surface area contributed by atoms with E-state index in [0.29, 0.717) is 12.5 Å². The number of rotatable bonds is 8. The van der Waals surface area contributed by atoms with Crippen LogP contribution < -0.4 is 27.9 Å². The van der Waals surface area contributed by atoms with Crippen molar-refractivity contribution in [3.63, 3.8) is 0 Å². The minimum absolute atomic E-state index is 0. The molecular formula is C19H28ClN4O-. The van der Waals surface area contributed by atoms with Crippen LogP contribution in [0.3, 0.4) is 0 Å². The molecule has 1 amide bonds. The molecule has 1 aromatic rings. The van der Waals surface area contributed by atoms with Crippen molar-refractivity contribution in [3.05, 3.63) is 35.5 Å². The van der Waals surface area contributed by atoms with Crippen molar-refractivity contribution in [1.29, 1.82) is 5.26 Å². The van der Waals surface area contributed by atoms with Gasteiger partial charge in [0, 0.05) is 37.2 Å². The molecule has 138 valence electrons. The maximum absolute atomic E-state index is 12.0. The Morgan fingerprint density at radius 1 is 1.32 bits per heavy atom. The number of halogens is 1. The van der Waals surface area contributed by atoms with Crippen LogP contribution in [0.15, 0.2) is 30.0 Å². The minimum Gasteiger partial charge on any atom is -1.00 e. The lowest BCUT2D eigenvalue weighted by atomic mass is 10.1. The molecule has 0 spiro atoms. The Hall–Kier alpha value is -2.19. The summed E-state index contributed by atoms with van der Waals surface area (Å²) in [5.74, 6) is -0.00664. The summed E-state index contributed by atoms with van der Waals surface area (Å²) in [6.45, 7) is 12.7. The molecule has 0 heterocycles. The first-order valence-corrected chi connectivity index (χ1v) is 8.43. The second kappa shape index (κ2) is 11.4. The number of hydrogen-bond acceptors (Lipinski definition) is 4. The van der Waals surface area contributed by atoms with Gasteiger partial charge in [0.2, 0.25) is 0 Å². The van der Waals surface area contributed by atoms with E-state index in [9.17, 15) is 4.79 Å². The topological polar surface area (TPSA) is 68.2 Å². The third-order valence-electron chi connectivity index (χ3n) is 3.75. The van der Waals surface area contributed by atoms with Crippen molar-refractivity contribution >= 4 is 17.3 Å². The molecule has 0 aliphatic rings. The van der Waals surface area contributed by atoms with Crippen molar-refractivity contribution in [2.24, 2.45) is 5.92 Å². The molecule has 0 atom stereocenters. The summed E-state index contributed by atoms with van der Waals surface area (Å²) in [7, 11) is 0. The van der Waals surface area contributed by atoms with Gasteiger partial charge in [-0.15, -0.1) is 0 Å². The lowest BCUT2D eigenvalue weighted by Gasteiger charge is -2.22. The zero-order valence-corrected chi connectivity index (χ0v) is 16.4. The SMILES string of the molecule is CCN(CC)c1ccc(N/C=C(/C#N)C(=O)NCC(C)C)c(C)c1.[Cl-]. The standard InChI is InChI=1S/C19H28N4O.ClH/c1-6-23(7-2)17-8-9-18(15(5)10-17)21-13-16(11-20)19(24)22-12-14(3)4;/h8-10,13-14,21H,6-7,12H2,1-5H3,(H,22,24);1H/p-1/b16-13-;. The number of nitriles is 1. The Balaban J connectivity index is 0.00000576. The Bertz CT molecular complexity index is 631. The summed E-state index contributed by atoms with van der Waals surface area (Å²) in [4.78, 5) is 14.2. The van der Waals surface area contributed by atoms with E-state index in [-0.39, 0.29) is 23.9 Å².